The highest BCUT2D eigenvalue weighted by Gasteiger charge is 2.21. The highest BCUT2D eigenvalue weighted by Crippen LogP contribution is 2.22. The van der Waals surface area contributed by atoms with E-state index in [4.69, 9.17) is 16.9 Å². The third-order valence-electron chi connectivity index (χ3n) is 2.59. The van der Waals surface area contributed by atoms with Crippen LogP contribution in [0.25, 0.3) is 0 Å². The number of aliphatic hydroxyl groups excluding tert-OH is 1. The summed E-state index contributed by atoms with van der Waals surface area (Å²) in [7, 11) is 0. The summed E-state index contributed by atoms with van der Waals surface area (Å²) in [5.74, 6) is 0. The smallest absolute Gasteiger partial charge is 0.101 e. The summed E-state index contributed by atoms with van der Waals surface area (Å²) in [6.45, 7) is 6.30. The molecule has 0 saturated heterocycles. The Morgan fingerprint density at radius 1 is 1.47 bits per heavy atom. The first-order valence-electron chi connectivity index (χ1n) is 5.46. The monoisotopic (exact) mass is 252 g/mol. The minimum Gasteiger partial charge on any atom is -0.391 e. The van der Waals surface area contributed by atoms with Crippen molar-refractivity contribution in [3.8, 4) is 6.07 Å². The Balaban J connectivity index is 2.74. The lowest BCUT2D eigenvalue weighted by Gasteiger charge is -2.26. The van der Waals surface area contributed by atoms with Gasteiger partial charge in [-0.25, -0.2) is 0 Å². The molecule has 92 valence electrons. The molecule has 0 aliphatic rings. The van der Waals surface area contributed by atoms with Crippen molar-refractivity contribution < 1.29 is 5.11 Å². The Kier molecular flexibility index (Phi) is 4.39. The average Bonchev–Trinajstić information content (AvgIpc) is 2.25. The molecular weight excluding hydrogens is 236 g/mol. The first-order chi connectivity index (χ1) is 7.84. The Morgan fingerprint density at radius 2 is 2.12 bits per heavy atom. The Bertz CT molecular complexity index is 432. The van der Waals surface area contributed by atoms with Crippen molar-refractivity contribution in [1.82, 2.24) is 0 Å². The molecule has 1 aromatic carbocycles. The van der Waals surface area contributed by atoms with E-state index in [1.165, 1.54) is 0 Å². The number of aliphatic hydroxyl groups is 1. The summed E-state index contributed by atoms with van der Waals surface area (Å²) >= 11 is 5.80. The van der Waals surface area contributed by atoms with Crippen LogP contribution in [0, 0.1) is 16.7 Å². The molecule has 1 unspecified atom stereocenters. The topological polar surface area (TPSA) is 56.0 Å². The largest absolute Gasteiger partial charge is 0.391 e. The molecule has 1 aromatic rings. The van der Waals surface area contributed by atoms with Crippen LogP contribution < -0.4 is 5.32 Å². The fourth-order valence-electron chi connectivity index (χ4n) is 1.28. The van der Waals surface area contributed by atoms with Crippen LogP contribution in [0.15, 0.2) is 18.2 Å². The van der Waals surface area contributed by atoms with Crippen LogP contribution >= 0.6 is 11.6 Å². The molecule has 0 bridgehead atoms. The van der Waals surface area contributed by atoms with Gasteiger partial charge in [-0.05, 0) is 23.6 Å². The summed E-state index contributed by atoms with van der Waals surface area (Å²) in [4.78, 5) is 0. The average molecular weight is 253 g/mol. The van der Waals surface area contributed by atoms with Crippen molar-refractivity contribution in [1.29, 1.82) is 5.26 Å². The van der Waals surface area contributed by atoms with Crippen LogP contribution in [-0.4, -0.2) is 17.8 Å². The maximum absolute atomic E-state index is 9.89. The highest BCUT2D eigenvalue weighted by molar-refractivity contribution is 6.30. The van der Waals surface area contributed by atoms with Gasteiger partial charge in [0.2, 0.25) is 0 Å². The second-order valence-electron chi connectivity index (χ2n) is 5.06. The van der Waals surface area contributed by atoms with Gasteiger partial charge in [-0.2, -0.15) is 5.26 Å². The molecule has 1 rings (SSSR count). The van der Waals surface area contributed by atoms with Crippen LogP contribution in [-0.2, 0) is 0 Å². The predicted octanol–water partition coefficient (Wildman–Crippen LogP) is 3.03. The zero-order valence-corrected chi connectivity index (χ0v) is 11.0. The molecule has 0 fully saturated rings. The molecule has 0 aliphatic carbocycles. The van der Waals surface area contributed by atoms with Crippen molar-refractivity contribution in [2.24, 2.45) is 5.41 Å². The molecule has 0 radical (unpaired) electrons. The lowest BCUT2D eigenvalue weighted by atomic mass is 9.89. The number of hydrogen-bond acceptors (Lipinski definition) is 3. The lowest BCUT2D eigenvalue weighted by molar-refractivity contribution is 0.0746. The van der Waals surface area contributed by atoms with E-state index in [0.717, 1.165) is 0 Å². The van der Waals surface area contributed by atoms with E-state index in [-0.39, 0.29) is 5.41 Å². The second kappa shape index (κ2) is 5.39. The molecule has 0 saturated carbocycles. The first kappa shape index (κ1) is 13.8. The Hall–Kier alpha value is -1.24. The number of nitrogens with zero attached hydrogens (tertiary/aromatic N) is 1. The molecule has 17 heavy (non-hydrogen) atoms. The molecule has 0 aliphatic heterocycles. The molecule has 2 N–H and O–H groups in total. The molecule has 0 spiro atoms. The van der Waals surface area contributed by atoms with Gasteiger partial charge in [0, 0.05) is 11.6 Å². The second-order valence-corrected chi connectivity index (χ2v) is 5.50. The minimum atomic E-state index is -0.482. The number of halogens is 1. The normalized spacial score (nSPS) is 12.9. The van der Waals surface area contributed by atoms with Gasteiger partial charge in [0.1, 0.15) is 6.07 Å². The van der Waals surface area contributed by atoms with Gasteiger partial charge in [0.05, 0.1) is 17.4 Å². The number of nitriles is 1. The van der Waals surface area contributed by atoms with Gasteiger partial charge in [-0.15, -0.1) is 0 Å². The van der Waals surface area contributed by atoms with Crippen molar-refractivity contribution in [2.45, 2.75) is 26.9 Å². The molecular formula is C13H17ClN2O. The SMILES string of the molecule is CC(C)(C)C(O)CNc1ccc(Cl)cc1C#N. The minimum absolute atomic E-state index is 0.188. The summed E-state index contributed by atoms with van der Waals surface area (Å²) < 4.78 is 0. The number of anilines is 1. The summed E-state index contributed by atoms with van der Waals surface area (Å²) in [5, 5.41) is 22.4. The van der Waals surface area contributed by atoms with E-state index in [1.807, 2.05) is 20.8 Å². The molecule has 4 heteroatoms. The van der Waals surface area contributed by atoms with Crippen LogP contribution in [0.4, 0.5) is 5.69 Å². The molecule has 0 aromatic heterocycles. The van der Waals surface area contributed by atoms with Gasteiger partial charge in [0.15, 0.2) is 0 Å². The fraction of sp³-hybridized carbons (Fsp3) is 0.462. The predicted molar refractivity (Wildman–Crippen MR) is 70.1 cm³/mol. The third-order valence-corrected chi connectivity index (χ3v) is 2.82. The standard InChI is InChI=1S/C13H17ClN2O/c1-13(2,3)12(17)8-16-11-5-4-10(14)6-9(11)7-15/h4-6,12,16-17H,8H2,1-3H3. The van der Waals surface area contributed by atoms with Gasteiger partial charge in [-0.3, -0.25) is 0 Å². The molecule has 0 amide bonds. The number of benzene rings is 1. The first-order valence-corrected chi connectivity index (χ1v) is 5.84. The van der Waals surface area contributed by atoms with E-state index in [2.05, 4.69) is 11.4 Å². The lowest BCUT2D eigenvalue weighted by Crippen LogP contribution is -2.33. The van der Waals surface area contributed by atoms with Crippen molar-refractivity contribution in [3.63, 3.8) is 0 Å². The van der Waals surface area contributed by atoms with Crippen molar-refractivity contribution in [2.75, 3.05) is 11.9 Å². The van der Waals surface area contributed by atoms with Gasteiger partial charge >= 0.3 is 0 Å². The fourth-order valence-corrected chi connectivity index (χ4v) is 1.45. The Morgan fingerprint density at radius 3 is 2.65 bits per heavy atom. The van der Waals surface area contributed by atoms with E-state index >= 15 is 0 Å². The maximum Gasteiger partial charge on any atom is 0.101 e. The number of hydrogen-bond donors (Lipinski definition) is 2. The number of nitrogens with one attached hydrogen (secondary N) is 1. The van der Waals surface area contributed by atoms with E-state index in [0.29, 0.717) is 22.8 Å². The zero-order valence-electron chi connectivity index (χ0n) is 10.3. The number of rotatable bonds is 3. The zero-order chi connectivity index (χ0) is 13.1. The third kappa shape index (κ3) is 3.92. The van der Waals surface area contributed by atoms with Crippen LogP contribution in [0.3, 0.4) is 0 Å². The molecule has 1 atom stereocenters. The van der Waals surface area contributed by atoms with Gasteiger partial charge in [0.25, 0.3) is 0 Å². The van der Waals surface area contributed by atoms with Gasteiger partial charge < -0.3 is 10.4 Å². The quantitative estimate of drug-likeness (QED) is 0.869. The van der Waals surface area contributed by atoms with Crippen molar-refractivity contribution in [3.05, 3.63) is 28.8 Å². The van der Waals surface area contributed by atoms with Crippen molar-refractivity contribution >= 4 is 17.3 Å². The van der Waals surface area contributed by atoms with Crippen LogP contribution in [0.5, 0.6) is 0 Å². The Labute approximate surface area is 107 Å². The maximum atomic E-state index is 9.89. The highest BCUT2D eigenvalue weighted by atomic mass is 35.5. The van der Waals surface area contributed by atoms with E-state index in [1.54, 1.807) is 18.2 Å². The molecule has 0 heterocycles. The van der Waals surface area contributed by atoms with E-state index in [9.17, 15) is 5.11 Å². The van der Waals surface area contributed by atoms with Crippen LogP contribution in [0.1, 0.15) is 26.3 Å². The summed E-state index contributed by atoms with van der Waals surface area (Å²) in [6, 6.07) is 7.14. The van der Waals surface area contributed by atoms with E-state index < -0.39 is 6.10 Å². The van der Waals surface area contributed by atoms with Crippen LogP contribution in [0.2, 0.25) is 5.02 Å². The summed E-state index contributed by atoms with van der Waals surface area (Å²) in [5.41, 5.74) is 0.991. The molecule has 3 nitrogen and oxygen atoms in total. The van der Waals surface area contributed by atoms with Gasteiger partial charge in [-0.1, -0.05) is 32.4 Å². The summed E-state index contributed by atoms with van der Waals surface area (Å²) in [6.07, 6.45) is -0.482.